The number of hydrogen-bond donors (Lipinski definition) is 0. The van der Waals surface area contributed by atoms with Crippen molar-refractivity contribution in [2.75, 3.05) is 6.67 Å². The van der Waals surface area contributed by atoms with Crippen LogP contribution in [0, 0.1) is 0 Å². The predicted octanol–water partition coefficient (Wildman–Crippen LogP) is 1.36. The number of halogens is 4. The van der Waals surface area contributed by atoms with Gasteiger partial charge in [-0.3, -0.25) is 4.79 Å². The molecule has 1 nitrogen and oxygen atoms in total. The smallest absolute Gasteiger partial charge is 0.274 e. The summed E-state index contributed by atoms with van der Waals surface area (Å²) < 4.78 is 33.8. The first-order valence-electron chi connectivity index (χ1n) is 1.64. The Morgan fingerprint density at radius 3 is 2.00 bits per heavy atom. The molecular formula is C3H2ClF3O. The van der Waals surface area contributed by atoms with Crippen LogP contribution in [-0.4, -0.2) is 17.8 Å². The molecule has 0 saturated carbocycles. The van der Waals surface area contributed by atoms with Crippen LogP contribution in [0.5, 0.6) is 0 Å². The van der Waals surface area contributed by atoms with E-state index < -0.39 is 17.8 Å². The van der Waals surface area contributed by atoms with Crippen molar-refractivity contribution in [3.63, 3.8) is 0 Å². The molecule has 8 heavy (non-hydrogen) atoms. The van der Waals surface area contributed by atoms with E-state index in [1.807, 2.05) is 0 Å². The van der Waals surface area contributed by atoms with Gasteiger partial charge in [0, 0.05) is 0 Å². The molecule has 0 amide bonds. The summed E-state index contributed by atoms with van der Waals surface area (Å²) >= 11 is 4.24. The van der Waals surface area contributed by atoms with E-state index in [2.05, 4.69) is 11.6 Å². The Bertz CT molecular complexity index is 103. The van der Waals surface area contributed by atoms with Crippen LogP contribution < -0.4 is 0 Å². The second kappa shape index (κ2) is 2.35. The zero-order valence-corrected chi connectivity index (χ0v) is 4.38. The molecule has 0 aromatic heterocycles. The summed E-state index contributed by atoms with van der Waals surface area (Å²) in [5, 5.41) is -1.96. The van der Waals surface area contributed by atoms with Crippen LogP contribution in [0.1, 0.15) is 0 Å². The second-order valence-electron chi connectivity index (χ2n) is 1.11. The van der Waals surface area contributed by atoms with Gasteiger partial charge in [0.1, 0.15) is 0 Å². The van der Waals surface area contributed by atoms with E-state index in [-0.39, 0.29) is 0 Å². The molecule has 0 saturated heterocycles. The number of rotatable bonds is 2. The Labute approximate surface area is 48.4 Å². The second-order valence-corrected chi connectivity index (χ2v) is 1.46. The summed E-state index contributed by atoms with van der Waals surface area (Å²) in [5.74, 6) is -4.00. The van der Waals surface area contributed by atoms with Crippen molar-refractivity contribution in [3.8, 4) is 0 Å². The molecule has 0 aliphatic heterocycles. The first-order chi connectivity index (χ1) is 3.50. The molecule has 0 rings (SSSR count). The molecule has 0 aromatic rings. The van der Waals surface area contributed by atoms with Crippen molar-refractivity contribution >= 4 is 16.8 Å². The summed E-state index contributed by atoms with van der Waals surface area (Å²) in [6.07, 6.45) is 0. The normalized spacial score (nSPS) is 11.5. The minimum Gasteiger partial charge on any atom is -0.274 e. The maximum absolute atomic E-state index is 11.4. The molecule has 0 aromatic carbocycles. The zero-order chi connectivity index (χ0) is 6.78. The highest BCUT2D eigenvalue weighted by molar-refractivity contribution is 6.65. The molecule has 0 bridgehead atoms. The largest absolute Gasteiger partial charge is 0.347 e. The van der Waals surface area contributed by atoms with Crippen LogP contribution in [0.4, 0.5) is 13.2 Å². The van der Waals surface area contributed by atoms with Gasteiger partial charge in [-0.1, -0.05) is 0 Å². The predicted molar refractivity (Wildman–Crippen MR) is 21.8 cm³/mol. The Morgan fingerprint density at radius 1 is 1.62 bits per heavy atom. The van der Waals surface area contributed by atoms with Gasteiger partial charge < -0.3 is 0 Å². The van der Waals surface area contributed by atoms with E-state index >= 15 is 0 Å². The SMILES string of the molecule is O=C(Cl)C(F)(F)CF. The van der Waals surface area contributed by atoms with Crippen molar-refractivity contribution in [2.24, 2.45) is 0 Å². The third-order valence-electron chi connectivity index (χ3n) is 0.455. The van der Waals surface area contributed by atoms with Gasteiger partial charge >= 0.3 is 5.92 Å². The fourth-order valence-corrected chi connectivity index (χ4v) is 0.103. The molecule has 48 valence electrons. The van der Waals surface area contributed by atoms with Gasteiger partial charge in [0.2, 0.25) is 0 Å². The Balaban J connectivity index is 3.91. The van der Waals surface area contributed by atoms with E-state index in [4.69, 9.17) is 0 Å². The van der Waals surface area contributed by atoms with Gasteiger partial charge in [0.25, 0.3) is 5.24 Å². The molecule has 0 unspecified atom stereocenters. The van der Waals surface area contributed by atoms with Crippen LogP contribution >= 0.6 is 11.6 Å². The standard InChI is InChI=1S/C3H2ClF3O/c4-2(8)3(6,7)1-5/h1H2. The lowest BCUT2D eigenvalue weighted by Crippen LogP contribution is -2.26. The van der Waals surface area contributed by atoms with Gasteiger partial charge in [-0.2, -0.15) is 8.78 Å². The van der Waals surface area contributed by atoms with Crippen molar-refractivity contribution in [3.05, 3.63) is 0 Å². The molecule has 0 spiro atoms. The highest BCUT2D eigenvalue weighted by atomic mass is 35.5. The lowest BCUT2D eigenvalue weighted by atomic mass is 10.4. The summed E-state index contributed by atoms with van der Waals surface area (Å²) in [6, 6.07) is 0. The zero-order valence-electron chi connectivity index (χ0n) is 3.63. The number of carbonyl (C=O) groups is 1. The summed E-state index contributed by atoms with van der Waals surface area (Å²) in [5.41, 5.74) is 0. The van der Waals surface area contributed by atoms with E-state index in [1.54, 1.807) is 0 Å². The molecule has 0 aliphatic carbocycles. The molecule has 0 fully saturated rings. The lowest BCUT2D eigenvalue weighted by molar-refractivity contribution is -0.135. The minimum atomic E-state index is -4.00. The number of hydrogen-bond acceptors (Lipinski definition) is 1. The van der Waals surface area contributed by atoms with Gasteiger partial charge in [-0.15, -0.1) is 0 Å². The van der Waals surface area contributed by atoms with Crippen molar-refractivity contribution in [1.82, 2.24) is 0 Å². The van der Waals surface area contributed by atoms with E-state index in [0.717, 1.165) is 0 Å². The topological polar surface area (TPSA) is 17.1 Å². The quantitative estimate of drug-likeness (QED) is 0.538. The first kappa shape index (κ1) is 7.75. The maximum atomic E-state index is 11.4. The van der Waals surface area contributed by atoms with Gasteiger partial charge in [0.05, 0.1) is 0 Å². The van der Waals surface area contributed by atoms with Crippen LogP contribution in [0.2, 0.25) is 0 Å². The Hall–Kier alpha value is -0.250. The molecule has 0 radical (unpaired) electrons. The molecule has 0 N–H and O–H groups in total. The Morgan fingerprint density at radius 2 is 2.00 bits per heavy atom. The van der Waals surface area contributed by atoms with Crippen molar-refractivity contribution in [1.29, 1.82) is 0 Å². The fraction of sp³-hybridized carbons (Fsp3) is 0.667. The van der Waals surface area contributed by atoms with Gasteiger partial charge in [-0.25, -0.2) is 4.39 Å². The average molecular weight is 146 g/mol. The van der Waals surface area contributed by atoms with E-state index in [0.29, 0.717) is 0 Å². The van der Waals surface area contributed by atoms with Crippen LogP contribution in [-0.2, 0) is 4.79 Å². The van der Waals surface area contributed by atoms with Crippen molar-refractivity contribution < 1.29 is 18.0 Å². The molecule has 0 atom stereocenters. The minimum absolute atomic E-state index is 1.96. The van der Waals surface area contributed by atoms with E-state index in [1.165, 1.54) is 0 Å². The Kier molecular flexibility index (Phi) is 2.27. The summed E-state index contributed by atoms with van der Waals surface area (Å²) in [6.45, 7) is -2.03. The summed E-state index contributed by atoms with van der Waals surface area (Å²) in [4.78, 5) is 9.47. The molecule has 0 heterocycles. The molecular weight excluding hydrogens is 144 g/mol. The van der Waals surface area contributed by atoms with E-state index in [9.17, 15) is 18.0 Å². The molecule has 5 heteroatoms. The highest BCUT2D eigenvalue weighted by Gasteiger charge is 2.37. The van der Waals surface area contributed by atoms with Crippen molar-refractivity contribution in [2.45, 2.75) is 5.92 Å². The average Bonchev–Trinajstić information content (AvgIpc) is 1.67. The van der Waals surface area contributed by atoms with Crippen LogP contribution in [0.15, 0.2) is 0 Å². The van der Waals surface area contributed by atoms with Crippen LogP contribution in [0.25, 0.3) is 0 Å². The fourth-order valence-electron chi connectivity index (χ4n) is 0.0525. The van der Waals surface area contributed by atoms with Crippen LogP contribution in [0.3, 0.4) is 0 Å². The van der Waals surface area contributed by atoms with Gasteiger partial charge in [0.15, 0.2) is 6.67 Å². The third kappa shape index (κ3) is 1.69. The third-order valence-corrected chi connectivity index (χ3v) is 0.732. The first-order valence-corrected chi connectivity index (χ1v) is 2.02. The number of alkyl halides is 3. The maximum Gasteiger partial charge on any atom is 0.347 e. The lowest BCUT2D eigenvalue weighted by Gasteiger charge is -2.02. The highest BCUT2D eigenvalue weighted by Crippen LogP contribution is 2.16. The summed E-state index contributed by atoms with van der Waals surface area (Å²) in [7, 11) is 0. The van der Waals surface area contributed by atoms with Gasteiger partial charge in [-0.05, 0) is 11.6 Å². The monoisotopic (exact) mass is 146 g/mol. The molecule has 0 aliphatic rings. The number of carbonyl (C=O) groups excluding carboxylic acids is 1.